The lowest BCUT2D eigenvalue weighted by molar-refractivity contribution is 0.178. The summed E-state index contributed by atoms with van der Waals surface area (Å²) in [6.45, 7) is 6.94. The van der Waals surface area contributed by atoms with Gasteiger partial charge in [0.25, 0.3) is 0 Å². The molecule has 114 valence electrons. The second-order valence-corrected chi connectivity index (χ2v) is 4.56. The van der Waals surface area contributed by atoms with E-state index < -0.39 is 0 Å². The van der Waals surface area contributed by atoms with Gasteiger partial charge in [0, 0.05) is 32.8 Å². The first-order valence-corrected chi connectivity index (χ1v) is 7.21. The maximum atomic E-state index is 9.22. The molecule has 1 rings (SSSR count). The van der Waals surface area contributed by atoms with Crippen molar-refractivity contribution in [3.8, 4) is 0 Å². The van der Waals surface area contributed by atoms with Crippen molar-refractivity contribution in [3.05, 3.63) is 11.9 Å². The van der Waals surface area contributed by atoms with Gasteiger partial charge in [-0.3, -0.25) is 0 Å². The Bertz CT molecular complexity index is 363. The van der Waals surface area contributed by atoms with E-state index in [1.165, 1.54) is 0 Å². The maximum Gasteiger partial charge on any atom is 0.158 e. The lowest BCUT2D eigenvalue weighted by atomic mass is 10.3. The maximum absolute atomic E-state index is 9.22. The highest BCUT2D eigenvalue weighted by Gasteiger charge is 2.11. The van der Waals surface area contributed by atoms with Crippen LogP contribution in [0.1, 0.15) is 32.5 Å². The third-order valence-corrected chi connectivity index (χ3v) is 2.87. The highest BCUT2D eigenvalue weighted by Crippen LogP contribution is 2.17. The van der Waals surface area contributed by atoms with Gasteiger partial charge in [0.1, 0.15) is 18.2 Å². The zero-order valence-electron chi connectivity index (χ0n) is 12.7. The SMILES string of the molecule is CCCCN(CCO)c1cc(NCC)nc(COC)n1. The number of unbranched alkanes of at least 4 members (excludes halogenated alkanes) is 1. The highest BCUT2D eigenvalue weighted by atomic mass is 16.5. The molecule has 0 fully saturated rings. The van der Waals surface area contributed by atoms with E-state index in [1.807, 2.05) is 13.0 Å². The summed E-state index contributed by atoms with van der Waals surface area (Å²) in [5, 5.41) is 12.4. The van der Waals surface area contributed by atoms with E-state index in [9.17, 15) is 5.11 Å². The summed E-state index contributed by atoms with van der Waals surface area (Å²) in [6, 6.07) is 1.92. The molecule has 1 heterocycles. The quantitative estimate of drug-likeness (QED) is 0.680. The molecule has 0 saturated heterocycles. The van der Waals surface area contributed by atoms with Crippen molar-refractivity contribution in [1.29, 1.82) is 0 Å². The van der Waals surface area contributed by atoms with Crippen LogP contribution in [0.5, 0.6) is 0 Å². The van der Waals surface area contributed by atoms with E-state index in [0.717, 1.165) is 37.6 Å². The molecule has 1 aromatic heterocycles. The number of rotatable bonds is 10. The average molecular weight is 282 g/mol. The first-order chi connectivity index (χ1) is 9.74. The number of hydrogen-bond donors (Lipinski definition) is 2. The Morgan fingerprint density at radius 1 is 1.30 bits per heavy atom. The molecule has 2 N–H and O–H groups in total. The molecule has 0 aliphatic carbocycles. The molecule has 0 bridgehead atoms. The molecule has 1 aromatic rings. The fourth-order valence-corrected chi connectivity index (χ4v) is 1.92. The van der Waals surface area contributed by atoms with Crippen LogP contribution in [-0.2, 0) is 11.3 Å². The fourth-order valence-electron chi connectivity index (χ4n) is 1.92. The van der Waals surface area contributed by atoms with E-state index in [4.69, 9.17) is 4.74 Å². The van der Waals surface area contributed by atoms with Gasteiger partial charge < -0.3 is 20.1 Å². The Kier molecular flexibility index (Phi) is 7.91. The molecule has 6 nitrogen and oxygen atoms in total. The van der Waals surface area contributed by atoms with Crippen LogP contribution in [0.25, 0.3) is 0 Å². The molecule has 0 atom stereocenters. The van der Waals surface area contributed by atoms with Gasteiger partial charge in [-0.05, 0) is 13.3 Å². The zero-order valence-corrected chi connectivity index (χ0v) is 12.7. The number of anilines is 2. The van der Waals surface area contributed by atoms with Crippen LogP contribution in [0.15, 0.2) is 6.07 Å². The summed E-state index contributed by atoms with van der Waals surface area (Å²) in [7, 11) is 1.63. The summed E-state index contributed by atoms with van der Waals surface area (Å²) < 4.78 is 5.12. The van der Waals surface area contributed by atoms with Crippen LogP contribution in [-0.4, -0.2) is 48.4 Å². The van der Waals surface area contributed by atoms with E-state index in [-0.39, 0.29) is 6.61 Å². The molecule has 20 heavy (non-hydrogen) atoms. The Hall–Kier alpha value is -1.40. The summed E-state index contributed by atoms with van der Waals surface area (Å²) in [4.78, 5) is 11.0. The molecule has 0 aromatic carbocycles. The Morgan fingerprint density at radius 3 is 2.70 bits per heavy atom. The smallest absolute Gasteiger partial charge is 0.158 e. The van der Waals surface area contributed by atoms with Gasteiger partial charge >= 0.3 is 0 Å². The first kappa shape index (κ1) is 16.7. The molecule has 0 unspecified atom stereocenters. The van der Waals surface area contributed by atoms with E-state index in [2.05, 4.69) is 27.1 Å². The van der Waals surface area contributed by atoms with Crippen molar-refractivity contribution in [1.82, 2.24) is 9.97 Å². The predicted molar refractivity (Wildman–Crippen MR) is 81.1 cm³/mol. The number of nitrogens with zero attached hydrogens (tertiary/aromatic N) is 3. The number of aliphatic hydroxyl groups excluding tert-OH is 1. The zero-order chi connectivity index (χ0) is 14.8. The summed E-state index contributed by atoms with van der Waals surface area (Å²) >= 11 is 0. The second kappa shape index (κ2) is 9.50. The number of methoxy groups -OCH3 is 1. The molecule has 0 spiro atoms. The number of hydrogen-bond acceptors (Lipinski definition) is 6. The van der Waals surface area contributed by atoms with E-state index in [1.54, 1.807) is 7.11 Å². The van der Waals surface area contributed by atoms with Crippen molar-refractivity contribution in [3.63, 3.8) is 0 Å². The normalized spacial score (nSPS) is 10.6. The highest BCUT2D eigenvalue weighted by molar-refractivity contribution is 5.49. The Balaban J connectivity index is 2.97. The molecule has 0 amide bonds. The topological polar surface area (TPSA) is 70.5 Å². The van der Waals surface area contributed by atoms with Crippen LogP contribution in [0.4, 0.5) is 11.6 Å². The van der Waals surface area contributed by atoms with Crippen molar-refractivity contribution in [2.45, 2.75) is 33.3 Å². The monoisotopic (exact) mass is 282 g/mol. The van der Waals surface area contributed by atoms with Gasteiger partial charge in [0.05, 0.1) is 6.61 Å². The van der Waals surface area contributed by atoms with E-state index in [0.29, 0.717) is 19.0 Å². The number of ether oxygens (including phenoxy) is 1. The summed E-state index contributed by atoms with van der Waals surface area (Å²) in [5.74, 6) is 2.29. The van der Waals surface area contributed by atoms with Crippen molar-refractivity contribution in [2.75, 3.05) is 43.6 Å². The largest absolute Gasteiger partial charge is 0.395 e. The average Bonchev–Trinajstić information content (AvgIpc) is 2.44. The Morgan fingerprint density at radius 2 is 2.10 bits per heavy atom. The first-order valence-electron chi connectivity index (χ1n) is 7.21. The molecular formula is C14H26N4O2. The lowest BCUT2D eigenvalue weighted by Crippen LogP contribution is -2.29. The minimum absolute atomic E-state index is 0.115. The van der Waals surface area contributed by atoms with Crippen molar-refractivity contribution < 1.29 is 9.84 Å². The van der Waals surface area contributed by atoms with Gasteiger partial charge in [-0.1, -0.05) is 13.3 Å². The third-order valence-electron chi connectivity index (χ3n) is 2.87. The lowest BCUT2D eigenvalue weighted by Gasteiger charge is -2.23. The minimum Gasteiger partial charge on any atom is -0.395 e. The summed E-state index contributed by atoms with van der Waals surface area (Å²) in [6.07, 6.45) is 2.18. The second-order valence-electron chi connectivity index (χ2n) is 4.56. The number of nitrogens with one attached hydrogen (secondary N) is 1. The predicted octanol–water partition coefficient (Wildman–Crippen LogP) is 1.65. The van der Waals surface area contributed by atoms with Crippen molar-refractivity contribution in [2.24, 2.45) is 0 Å². The van der Waals surface area contributed by atoms with Crippen LogP contribution in [0.2, 0.25) is 0 Å². The minimum atomic E-state index is 0.115. The van der Waals surface area contributed by atoms with Gasteiger partial charge in [-0.25, -0.2) is 9.97 Å². The molecule has 0 aliphatic rings. The van der Waals surface area contributed by atoms with Gasteiger partial charge in [0.15, 0.2) is 5.82 Å². The molecule has 0 saturated carbocycles. The van der Waals surface area contributed by atoms with Gasteiger partial charge in [-0.15, -0.1) is 0 Å². The number of aliphatic hydroxyl groups is 1. The van der Waals surface area contributed by atoms with Gasteiger partial charge in [-0.2, -0.15) is 0 Å². The molecular weight excluding hydrogens is 256 g/mol. The fraction of sp³-hybridized carbons (Fsp3) is 0.714. The van der Waals surface area contributed by atoms with Crippen LogP contribution < -0.4 is 10.2 Å². The standard InChI is InChI=1S/C14H26N4O2/c1-4-6-7-18(8-9-19)14-10-12(15-5-2)16-13(17-14)11-20-3/h10,19H,4-9,11H2,1-3H3,(H,15,16,17). The summed E-state index contributed by atoms with van der Waals surface area (Å²) in [5.41, 5.74) is 0. The van der Waals surface area contributed by atoms with Crippen molar-refractivity contribution >= 4 is 11.6 Å². The molecule has 0 aliphatic heterocycles. The molecule has 6 heteroatoms. The van der Waals surface area contributed by atoms with Crippen LogP contribution in [0.3, 0.4) is 0 Å². The van der Waals surface area contributed by atoms with E-state index >= 15 is 0 Å². The number of aromatic nitrogens is 2. The third kappa shape index (κ3) is 5.30. The van der Waals surface area contributed by atoms with Crippen LogP contribution >= 0.6 is 0 Å². The van der Waals surface area contributed by atoms with Crippen LogP contribution in [0, 0.1) is 0 Å². The Labute approximate surface area is 121 Å². The molecule has 0 radical (unpaired) electrons. The van der Waals surface area contributed by atoms with Gasteiger partial charge in [0.2, 0.25) is 0 Å².